The van der Waals surface area contributed by atoms with Crippen LogP contribution < -0.4 is 0 Å². The number of hydrogen-bond acceptors (Lipinski definition) is 0. The quantitative estimate of drug-likeness (QED) is 0.331. The lowest BCUT2D eigenvalue weighted by molar-refractivity contribution is 0.956. The highest BCUT2D eigenvalue weighted by Crippen LogP contribution is 2.39. The monoisotopic (exact) mass is 402 g/mol. The van der Waals surface area contributed by atoms with E-state index in [1.54, 1.807) is 44.5 Å². The third kappa shape index (κ3) is 3.37. The highest BCUT2D eigenvalue weighted by molar-refractivity contribution is 6.05. The van der Waals surface area contributed by atoms with Gasteiger partial charge in [-0.25, -0.2) is 0 Å². The lowest BCUT2D eigenvalue weighted by Crippen LogP contribution is -2.07. The predicted octanol–water partition coefficient (Wildman–Crippen LogP) is 8.49. The van der Waals surface area contributed by atoms with Gasteiger partial charge in [0.05, 0.1) is 0 Å². The Bertz CT molecular complexity index is 897. The van der Waals surface area contributed by atoms with E-state index in [0.29, 0.717) is 0 Å². The summed E-state index contributed by atoms with van der Waals surface area (Å²) in [7, 11) is 0. The Balaban J connectivity index is 2.66. The molecule has 0 atom stereocenters. The normalized spacial score (nSPS) is 11.7. The molecule has 0 radical (unpaired) electrons. The van der Waals surface area contributed by atoms with Gasteiger partial charge in [0.15, 0.2) is 0 Å². The van der Waals surface area contributed by atoms with Crippen LogP contribution in [0.2, 0.25) is 0 Å². The molecule has 3 aromatic rings. The van der Waals surface area contributed by atoms with Gasteiger partial charge in [0, 0.05) is 0 Å². The van der Waals surface area contributed by atoms with E-state index in [0.717, 1.165) is 51.4 Å². The van der Waals surface area contributed by atoms with Crippen LogP contribution in [-0.4, -0.2) is 0 Å². The SMILES string of the molecule is CCc1c(CC)c(CC)c2cc3c(CC)c(CC)c(CC)c(CC)c3cc2c1CC. The average molecular weight is 403 g/mol. The molecule has 30 heavy (non-hydrogen) atoms. The van der Waals surface area contributed by atoms with Gasteiger partial charge in [-0.1, -0.05) is 55.4 Å². The van der Waals surface area contributed by atoms with Crippen molar-refractivity contribution in [1.82, 2.24) is 0 Å². The molecule has 0 saturated carbocycles. The number of aryl methyl sites for hydroxylation is 4. The molecule has 3 aromatic carbocycles. The summed E-state index contributed by atoms with van der Waals surface area (Å²) in [6.45, 7) is 18.8. The first-order valence-electron chi connectivity index (χ1n) is 12.6. The minimum absolute atomic E-state index is 1.12. The molecule has 0 saturated heterocycles. The molecular weight excluding hydrogens is 360 g/mol. The Morgan fingerprint density at radius 3 is 0.600 bits per heavy atom. The van der Waals surface area contributed by atoms with Gasteiger partial charge in [-0.15, -0.1) is 0 Å². The van der Waals surface area contributed by atoms with Crippen LogP contribution in [-0.2, 0) is 51.4 Å². The van der Waals surface area contributed by atoms with Crippen LogP contribution in [0.15, 0.2) is 12.1 Å². The van der Waals surface area contributed by atoms with Gasteiger partial charge in [-0.05, 0) is 130 Å². The molecule has 0 fully saturated rings. The fourth-order valence-electron chi connectivity index (χ4n) is 6.30. The lowest BCUT2D eigenvalue weighted by atomic mass is 9.80. The fourth-order valence-corrected chi connectivity index (χ4v) is 6.30. The van der Waals surface area contributed by atoms with Gasteiger partial charge >= 0.3 is 0 Å². The first kappa shape index (κ1) is 22.9. The second-order valence-electron chi connectivity index (χ2n) is 8.60. The number of rotatable bonds is 8. The molecule has 0 aliphatic carbocycles. The Morgan fingerprint density at radius 1 is 0.300 bits per heavy atom. The molecule has 0 amide bonds. The second-order valence-corrected chi connectivity index (χ2v) is 8.60. The zero-order valence-corrected chi connectivity index (χ0v) is 20.8. The number of hydrogen-bond donors (Lipinski definition) is 0. The molecule has 0 N–H and O–H groups in total. The Morgan fingerprint density at radius 2 is 0.467 bits per heavy atom. The minimum atomic E-state index is 1.12. The third-order valence-electron chi connectivity index (χ3n) is 7.47. The van der Waals surface area contributed by atoms with E-state index in [-0.39, 0.29) is 0 Å². The standard InChI is InChI=1S/C30H42/c1-9-19-20(10-2)24(14-6)28-18-30-26(16-8)22(12-4)21(11-3)25(15-7)29(30)17-27(28)23(19)13-5/h17-18H,9-16H2,1-8H3. The smallest absolute Gasteiger partial charge is 0.0140 e. The summed E-state index contributed by atoms with van der Waals surface area (Å²) in [5, 5.41) is 6.11. The van der Waals surface area contributed by atoms with Gasteiger partial charge in [0.2, 0.25) is 0 Å². The maximum atomic E-state index is 2.60. The van der Waals surface area contributed by atoms with Crippen molar-refractivity contribution < 1.29 is 0 Å². The van der Waals surface area contributed by atoms with Crippen molar-refractivity contribution in [3.8, 4) is 0 Å². The van der Waals surface area contributed by atoms with Crippen LogP contribution >= 0.6 is 0 Å². The molecule has 3 rings (SSSR count). The van der Waals surface area contributed by atoms with Crippen LogP contribution in [0.25, 0.3) is 21.5 Å². The molecule has 0 aromatic heterocycles. The second kappa shape index (κ2) is 9.54. The first-order valence-corrected chi connectivity index (χ1v) is 12.6. The van der Waals surface area contributed by atoms with Crippen molar-refractivity contribution in [2.24, 2.45) is 0 Å². The van der Waals surface area contributed by atoms with E-state index in [9.17, 15) is 0 Å². The van der Waals surface area contributed by atoms with E-state index < -0.39 is 0 Å². The van der Waals surface area contributed by atoms with E-state index in [1.807, 2.05) is 0 Å². The minimum Gasteiger partial charge on any atom is -0.0613 e. The van der Waals surface area contributed by atoms with Gasteiger partial charge in [0.1, 0.15) is 0 Å². The lowest BCUT2D eigenvalue weighted by Gasteiger charge is -2.24. The zero-order valence-electron chi connectivity index (χ0n) is 20.8. The number of benzene rings is 3. The zero-order chi connectivity index (χ0) is 22.0. The Kier molecular flexibility index (Phi) is 7.27. The summed E-state index contributed by atoms with van der Waals surface area (Å²) in [5.74, 6) is 0. The Hall–Kier alpha value is -1.82. The number of fused-ring (bicyclic) bond motifs is 2. The molecule has 0 nitrogen and oxygen atoms in total. The summed E-state index contributed by atoms with van der Waals surface area (Å²) in [5.41, 5.74) is 12.9. The molecule has 0 heterocycles. The average Bonchev–Trinajstić information content (AvgIpc) is 2.79. The highest BCUT2D eigenvalue weighted by atomic mass is 14.2. The van der Waals surface area contributed by atoms with E-state index >= 15 is 0 Å². The molecule has 0 spiro atoms. The molecule has 0 bridgehead atoms. The van der Waals surface area contributed by atoms with E-state index in [2.05, 4.69) is 67.5 Å². The van der Waals surface area contributed by atoms with Gasteiger partial charge in [-0.2, -0.15) is 0 Å². The largest absolute Gasteiger partial charge is 0.0613 e. The Labute approximate surface area is 185 Å². The van der Waals surface area contributed by atoms with Crippen molar-refractivity contribution in [3.05, 3.63) is 56.6 Å². The molecule has 0 unspecified atom stereocenters. The molecular formula is C30H42. The molecule has 0 heteroatoms. The maximum Gasteiger partial charge on any atom is -0.0140 e. The molecule has 0 aliphatic rings. The predicted molar refractivity (Wildman–Crippen MR) is 136 cm³/mol. The molecule has 0 aliphatic heterocycles. The summed E-state index contributed by atoms with van der Waals surface area (Å²) < 4.78 is 0. The topological polar surface area (TPSA) is 0 Å². The van der Waals surface area contributed by atoms with Crippen LogP contribution in [0.3, 0.4) is 0 Å². The van der Waals surface area contributed by atoms with Crippen molar-refractivity contribution >= 4 is 21.5 Å². The van der Waals surface area contributed by atoms with Crippen LogP contribution in [0.1, 0.15) is 99.9 Å². The molecule has 162 valence electrons. The summed E-state index contributed by atoms with van der Waals surface area (Å²) >= 11 is 0. The summed E-state index contributed by atoms with van der Waals surface area (Å²) in [6.07, 6.45) is 9.06. The van der Waals surface area contributed by atoms with Crippen molar-refractivity contribution in [2.45, 2.75) is 107 Å². The van der Waals surface area contributed by atoms with Crippen LogP contribution in [0.4, 0.5) is 0 Å². The van der Waals surface area contributed by atoms with Crippen LogP contribution in [0.5, 0.6) is 0 Å². The summed E-state index contributed by atoms with van der Waals surface area (Å²) in [4.78, 5) is 0. The highest BCUT2D eigenvalue weighted by Gasteiger charge is 2.20. The van der Waals surface area contributed by atoms with E-state index in [1.165, 1.54) is 21.5 Å². The van der Waals surface area contributed by atoms with E-state index in [4.69, 9.17) is 0 Å². The van der Waals surface area contributed by atoms with Gasteiger partial charge in [-0.3, -0.25) is 0 Å². The van der Waals surface area contributed by atoms with Crippen molar-refractivity contribution in [3.63, 3.8) is 0 Å². The first-order chi connectivity index (χ1) is 14.6. The third-order valence-corrected chi connectivity index (χ3v) is 7.47. The van der Waals surface area contributed by atoms with Crippen molar-refractivity contribution in [1.29, 1.82) is 0 Å². The van der Waals surface area contributed by atoms with Crippen molar-refractivity contribution in [2.75, 3.05) is 0 Å². The fraction of sp³-hybridized carbons (Fsp3) is 0.533. The van der Waals surface area contributed by atoms with Gasteiger partial charge in [0.25, 0.3) is 0 Å². The summed E-state index contributed by atoms with van der Waals surface area (Å²) in [6, 6.07) is 5.19. The van der Waals surface area contributed by atoms with Crippen LogP contribution in [0, 0.1) is 0 Å². The van der Waals surface area contributed by atoms with Gasteiger partial charge < -0.3 is 0 Å². The maximum absolute atomic E-state index is 2.60.